The van der Waals surface area contributed by atoms with Gasteiger partial charge in [-0.05, 0) is 25.8 Å². The fourth-order valence-electron chi connectivity index (χ4n) is 1.72. The first kappa shape index (κ1) is 28.6. The second-order valence-corrected chi connectivity index (χ2v) is 5.36. The van der Waals surface area contributed by atoms with Crippen LogP contribution in [0.25, 0.3) is 0 Å². The molecule has 2 aromatic rings. The first-order chi connectivity index (χ1) is 11.5. The fourth-order valence-corrected chi connectivity index (χ4v) is 1.72. The zero-order valence-corrected chi connectivity index (χ0v) is 20.1. The number of hydrogen-bond donors (Lipinski definition) is 0. The van der Waals surface area contributed by atoms with E-state index in [0.29, 0.717) is 0 Å². The van der Waals surface area contributed by atoms with Gasteiger partial charge in [-0.3, -0.25) is 4.79 Å². The van der Waals surface area contributed by atoms with E-state index in [1.54, 1.807) is 6.92 Å². The predicted octanol–water partition coefficient (Wildman–Crippen LogP) is 7.28. The Morgan fingerprint density at radius 1 is 0.840 bits per heavy atom. The van der Waals surface area contributed by atoms with Crippen LogP contribution >= 0.6 is 0 Å². The SMILES string of the molecule is CC.CC(=O)c1ccc(C)cc1.CCC.CCCc1ccccc1.[W]. The standard InChI is InChI=1S/C9H10O.C9H12.C3H8.C2H6.W/c1-7-3-5-9(6-4-7)8(2)10;1-2-6-9-7-4-3-5-8-9;1-3-2;1-2;/h3-6H,1-2H3;3-5,7-8H,2,6H2,1H3;3H2,1-2H3;1-2H3;. The van der Waals surface area contributed by atoms with Gasteiger partial charge in [0.15, 0.2) is 5.78 Å². The van der Waals surface area contributed by atoms with Crippen LogP contribution in [0.1, 0.15) is 75.9 Å². The maximum atomic E-state index is 10.8. The molecule has 0 amide bonds. The van der Waals surface area contributed by atoms with Crippen LogP contribution in [0.4, 0.5) is 0 Å². The van der Waals surface area contributed by atoms with Gasteiger partial charge in [0.25, 0.3) is 0 Å². The minimum Gasteiger partial charge on any atom is -0.295 e. The number of carbonyl (C=O) groups excluding carboxylic acids is 1. The molecule has 25 heavy (non-hydrogen) atoms. The molecular formula is C23H36OW. The van der Waals surface area contributed by atoms with Crippen molar-refractivity contribution in [1.82, 2.24) is 0 Å². The summed E-state index contributed by atoms with van der Waals surface area (Å²) < 4.78 is 0. The number of aryl methyl sites for hydroxylation is 2. The molecule has 140 valence electrons. The Morgan fingerprint density at radius 2 is 1.28 bits per heavy atom. The molecule has 0 heterocycles. The van der Waals surface area contributed by atoms with Crippen LogP contribution in [-0.2, 0) is 27.5 Å². The molecule has 0 spiro atoms. The van der Waals surface area contributed by atoms with Crippen LogP contribution in [0, 0.1) is 6.92 Å². The molecule has 0 radical (unpaired) electrons. The molecule has 0 unspecified atom stereocenters. The summed E-state index contributed by atoms with van der Waals surface area (Å²) in [7, 11) is 0. The smallest absolute Gasteiger partial charge is 0.159 e. The van der Waals surface area contributed by atoms with Gasteiger partial charge in [-0.25, -0.2) is 0 Å². The van der Waals surface area contributed by atoms with E-state index in [-0.39, 0.29) is 26.8 Å². The normalized spacial score (nSPS) is 8.12. The van der Waals surface area contributed by atoms with Crippen LogP contribution in [0.15, 0.2) is 54.6 Å². The van der Waals surface area contributed by atoms with E-state index in [1.165, 1.54) is 30.4 Å². The first-order valence-corrected chi connectivity index (χ1v) is 9.16. The van der Waals surface area contributed by atoms with Crippen LogP contribution in [-0.4, -0.2) is 5.78 Å². The van der Waals surface area contributed by atoms with Gasteiger partial charge in [-0.15, -0.1) is 0 Å². The zero-order valence-electron chi connectivity index (χ0n) is 17.1. The summed E-state index contributed by atoms with van der Waals surface area (Å²) in [4.78, 5) is 10.8. The number of ketones is 1. The summed E-state index contributed by atoms with van der Waals surface area (Å²) in [5.74, 6) is 0.125. The van der Waals surface area contributed by atoms with Gasteiger partial charge in [0.1, 0.15) is 0 Å². The van der Waals surface area contributed by atoms with Gasteiger partial charge in [0.05, 0.1) is 0 Å². The Bertz CT molecular complexity index is 503. The summed E-state index contributed by atoms with van der Waals surface area (Å²) in [6.07, 6.45) is 3.70. The van der Waals surface area contributed by atoms with E-state index in [0.717, 1.165) is 5.56 Å². The largest absolute Gasteiger partial charge is 0.295 e. The molecule has 2 heteroatoms. The number of rotatable bonds is 3. The summed E-state index contributed by atoms with van der Waals surface area (Å²) in [5, 5.41) is 0. The molecule has 0 bridgehead atoms. The van der Waals surface area contributed by atoms with E-state index in [9.17, 15) is 4.79 Å². The van der Waals surface area contributed by atoms with Crippen molar-refractivity contribution in [2.75, 3.05) is 0 Å². The second kappa shape index (κ2) is 20.8. The number of carbonyl (C=O) groups is 1. The molecule has 2 rings (SSSR count). The van der Waals surface area contributed by atoms with Crippen molar-refractivity contribution in [3.8, 4) is 0 Å². The van der Waals surface area contributed by atoms with Gasteiger partial charge < -0.3 is 0 Å². The maximum Gasteiger partial charge on any atom is 0.159 e. The molecule has 0 aliphatic carbocycles. The van der Waals surface area contributed by atoms with Crippen LogP contribution < -0.4 is 0 Å². The molecule has 0 aliphatic rings. The van der Waals surface area contributed by atoms with E-state index in [1.807, 2.05) is 45.0 Å². The van der Waals surface area contributed by atoms with E-state index < -0.39 is 0 Å². The quantitative estimate of drug-likeness (QED) is 0.395. The molecule has 0 fully saturated rings. The van der Waals surface area contributed by atoms with Crippen LogP contribution in [0.5, 0.6) is 0 Å². The molecular weight excluding hydrogens is 476 g/mol. The van der Waals surface area contributed by atoms with Crippen molar-refractivity contribution in [3.05, 3.63) is 71.3 Å². The van der Waals surface area contributed by atoms with Gasteiger partial charge in [-0.2, -0.15) is 0 Å². The van der Waals surface area contributed by atoms with Crippen LogP contribution in [0.3, 0.4) is 0 Å². The third-order valence-electron chi connectivity index (χ3n) is 2.84. The van der Waals surface area contributed by atoms with Gasteiger partial charge in [-0.1, -0.05) is 108 Å². The Labute approximate surface area is 170 Å². The molecule has 0 N–H and O–H groups in total. The van der Waals surface area contributed by atoms with Gasteiger partial charge >= 0.3 is 0 Å². The summed E-state index contributed by atoms with van der Waals surface area (Å²) in [6.45, 7) is 14.0. The molecule has 2 aromatic carbocycles. The van der Waals surface area contributed by atoms with Crippen molar-refractivity contribution >= 4 is 5.78 Å². The molecule has 1 nitrogen and oxygen atoms in total. The molecule has 0 atom stereocenters. The van der Waals surface area contributed by atoms with Crippen molar-refractivity contribution in [1.29, 1.82) is 0 Å². The fraction of sp³-hybridized carbons (Fsp3) is 0.435. The Hall–Kier alpha value is -1.20. The number of benzene rings is 2. The van der Waals surface area contributed by atoms with E-state index >= 15 is 0 Å². The summed E-state index contributed by atoms with van der Waals surface area (Å²) >= 11 is 0. The van der Waals surface area contributed by atoms with E-state index in [4.69, 9.17) is 0 Å². The van der Waals surface area contributed by atoms with Gasteiger partial charge in [0, 0.05) is 26.6 Å². The van der Waals surface area contributed by atoms with E-state index in [2.05, 4.69) is 51.1 Å². The summed E-state index contributed by atoms with van der Waals surface area (Å²) in [6, 6.07) is 18.1. The summed E-state index contributed by atoms with van der Waals surface area (Å²) in [5.41, 5.74) is 3.41. The van der Waals surface area contributed by atoms with Crippen LogP contribution in [0.2, 0.25) is 0 Å². The van der Waals surface area contributed by atoms with Crippen molar-refractivity contribution in [3.63, 3.8) is 0 Å². The Kier molecular flexibility index (Phi) is 23.8. The van der Waals surface area contributed by atoms with Gasteiger partial charge in [0.2, 0.25) is 0 Å². The Balaban J connectivity index is -0.000000300. The predicted molar refractivity (Wildman–Crippen MR) is 109 cm³/mol. The van der Waals surface area contributed by atoms with Crippen molar-refractivity contribution < 1.29 is 25.9 Å². The Morgan fingerprint density at radius 3 is 1.64 bits per heavy atom. The average molecular weight is 512 g/mol. The minimum atomic E-state index is 0. The molecule has 0 aromatic heterocycles. The number of hydrogen-bond acceptors (Lipinski definition) is 1. The van der Waals surface area contributed by atoms with Crippen molar-refractivity contribution in [2.24, 2.45) is 0 Å². The third kappa shape index (κ3) is 17.4. The third-order valence-corrected chi connectivity index (χ3v) is 2.84. The first-order valence-electron chi connectivity index (χ1n) is 9.16. The average Bonchev–Trinajstić information content (AvgIpc) is 2.60. The second-order valence-electron chi connectivity index (χ2n) is 5.36. The molecule has 0 saturated heterocycles. The monoisotopic (exact) mass is 512 g/mol. The topological polar surface area (TPSA) is 17.1 Å². The molecule has 0 aliphatic heterocycles. The number of Topliss-reactive ketones (excluding diaryl/α,β-unsaturated/α-hetero) is 1. The minimum absolute atomic E-state index is 0. The maximum absolute atomic E-state index is 10.8. The zero-order chi connectivity index (χ0) is 18.8. The molecule has 0 saturated carbocycles. The van der Waals surface area contributed by atoms with Crippen molar-refractivity contribution in [2.45, 2.75) is 67.7 Å².